The Morgan fingerprint density at radius 2 is 1.91 bits per heavy atom. The second kappa shape index (κ2) is 6.65. The van der Waals surface area contributed by atoms with E-state index in [1.54, 1.807) is 29.2 Å². The van der Waals surface area contributed by atoms with E-state index in [0.29, 0.717) is 26.4 Å². The van der Waals surface area contributed by atoms with Crippen LogP contribution in [-0.4, -0.2) is 22.3 Å². The molecule has 1 saturated heterocycles. The third-order valence-corrected chi connectivity index (χ3v) is 5.02. The molecule has 2 rings (SSSR count). The number of rotatable bonds is 3. The number of carbonyl (C=O) groups is 2. The summed E-state index contributed by atoms with van der Waals surface area (Å²) in [6.45, 7) is 5.82. The summed E-state index contributed by atoms with van der Waals surface area (Å²) in [5, 5.41) is 1.68. The van der Waals surface area contributed by atoms with E-state index in [1.807, 2.05) is 20.8 Å². The van der Waals surface area contributed by atoms with E-state index in [2.05, 4.69) is 0 Å². The van der Waals surface area contributed by atoms with Gasteiger partial charge in [-0.25, -0.2) is 0 Å². The van der Waals surface area contributed by atoms with Gasteiger partial charge in [0.1, 0.15) is 0 Å². The van der Waals surface area contributed by atoms with Crippen molar-refractivity contribution in [3.63, 3.8) is 0 Å². The van der Waals surface area contributed by atoms with Crippen LogP contribution in [-0.2, 0) is 16.1 Å². The predicted octanol–water partition coefficient (Wildman–Crippen LogP) is 4.53. The minimum absolute atomic E-state index is 0.0139. The Labute approximate surface area is 144 Å². The van der Waals surface area contributed by atoms with Crippen LogP contribution in [0.3, 0.4) is 0 Å². The maximum Gasteiger partial charge on any atom is 0.238 e. The van der Waals surface area contributed by atoms with Gasteiger partial charge in [0, 0.05) is 27.1 Å². The fourth-order valence-corrected chi connectivity index (χ4v) is 3.33. The maximum absolute atomic E-state index is 12.2. The second-order valence-corrected chi connectivity index (χ2v) is 7.88. The number of hydrogen-bond donors (Lipinski definition) is 0. The van der Waals surface area contributed by atoms with Gasteiger partial charge in [-0.15, -0.1) is 0 Å². The Kier molecular flexibility index (Phi) is 5.25. The Morgan fingerprint density at radius 1 is 1.32 bits per heavy atom. The van der Waals surface area contributed by atoms with E-state index in [-0.39, 0.29) is 18.2 Å². The smallest absolute Gasteiger partial charge is 0.238 e. The zero-order valence-electron chi connectivity index (χ0n) is 12.7. The Bertz CT molecular complexity index is 630. The van der Waals surface area contributed by atoms with Crippen molar-refractivity contribution in [2.75, 3.05) is 5.75 Å². The van der Waals surface area contributed by atoms with Crippen molar-refractivity contribution in [1.82, 2.24) is 4.90 Å². The summed E-state index contributed by atoms with van der Waals surface area (Å²) in [5.74, 6) is 0.264. The number of thioether (sulfide) groups is 1. The fraction of sp³-hybridized carbons (Fsp3) is 0.375. The summed E-state index contributed by atoms with van der Waals surface area (Å²) in [6.07, 6.45) is 1.54. The lowest BCUT2D eigenvalue weighted by molar-refractivity contribution is -0.125. The largest absolute Gasteiger partial charge is 0.301 e. The summed E-state index contributed by atoms with van der Waals surface area (Å²) < 4.78 is 0. The van der Waals surface area contributed by atoms with Gasteiger partial charge in [-0.2, -0.15) is 0 Å². The molecule has 1 heterocycles. The first-order chi connectivity index (χ1) is 10.2. The zero-order chi connectivity index (χ0) is 16.5. The highest BCUT2D eigenvalue weighted by atomic mass is 35.5. The molecule has 1 aromatic rings. The van der Waals surface area contributed by atoms with Crippen molar-refractivity contribution in [1.29, 1.82) is 0 Å². The molecule has 22 heavy (non-hydrogen) atoms. The van der Waals surface area contributed by atoms with Crippen LogP contribution in [0.2, 0.25) is 10.0 Å². The number of carbonyl (C=O) groups excluding carboxylic acids is 2. The van der Waals surface area contributed by atoms with Crippen LogP contribution in [0.25, 0.3) is 0 Å². The molecule has 0 aliphatic carbocycles. The van der Waals surface area contributed by atoms with E-state index >= 15 is 0 Å². The molecule has 0 radical (unpaired) electrons. The van der Waals surface area contributed by atoms with Crippen molar-refractivity contribution in [3.8, 4) is 0 Å². The van der Waals surface area contributed by atoms with Crippen LogP contribution in [0.4, 0.5) is 0 Å². The molecule has 1 amide bonds. The molecule has 0 saturated carbocycles. The molecule has 0 N–H and O–H groups in total. The highest BCUT2D eigenvalue weighted by Crippen LogP contribution is 2.34. The molecule has 0 bridgehead atoms. The van der Waals surface area contributed by atoms with Gasteiger partial charge in [-0.05, 0) is 12.1 Å². The summed E-state index contributed by atoms with van der Waals surface area (Å²) in [4.78, 5) is 25.9. The van der Waals surface area contributed by atoms with Gasteiger partial charge in [0.15, 0.2) is 5.78 Å². The first-order valence-corrected chi connectivity index (χ1v) is 8.56. The van der Waals surface area contributed by atoms with Crippen LogP contribution in [0.5, 0.6) is 0 Å². The predicted molar refractivity (Wildman–Crippen MR) is 92.0 cm³/mol. The van der Waals surface area contributed by atoms with Crippen molar-refractivity contribution < 1.29 is 9.59 Å². The second-order valence-electron chi connectivity index (χ2n) is 6.07. The first kappa shape index (κ1) is 17.4. The van der Waals surface area contributed by atoms with Crippen LogP contribution >= 0.6 is 35.0 Å². The van der Waals surface area contributed by atoms with Crippen molar-refractivity contribution in [3.05, 3.63) is 44.9 Å². The van der Waals surface area contributed by atoms with Crippen molar-refractivity contribution >= 4 is 46.7 Å². The lowest BCUT2D eigenvalue weighted by atomic mass is 9.91. The van der Waals surface area contributed by atoms with E-state index in [0.717, 1.165) is 0 Å². The lowest BCUT2D eigenvalue weighted by Gasteiger charge is -2.20. The van der Waals surface area contributed by atoms with Gasteiger partial charge in [-0.1, -0.05) is 61.8 Å². The standard InChI is InChI=1S/C16H17Cl2NO2S/c1-16(2,3)13(20)7-15-19(14(21)9-22-15)8-10-11(17)5-4-6-12(10)18/h4-7H,8-9H2,1-3H3/b15-7-. The Hall–Kier alpha value is -0.970. The number of nitrogens with zero attached hydrogens (tertiary/aromatic N) is 1. The molecule has 1 fully saturated rings. The molecule has 0 unspecified atom stereocenters. The van der Waals surface area contributed by atoms with Gasteiger partial charge >= 0.3 is 0 Å². The fourth-order valence-electron chi connectivity index (χ4n) is 1.87. The van der Waals surface area contributed by atoms with Crippen molar-refractivity contribution in [2.45, 2.75) is 27.3 Å². The molecule has 1 aliphatic heterocycles. The minimum Gasteiger partial charge on any atom is -0.301 e. The maximum atomic E-state index is 12.2. The van der Waals surface area contributed by atoms with Gasteiger partial charge < -0.3 is 4.90 Å². The average molecular weight is 358 g/mol. The number of ketones is 1. The Morgan fingerprint density at radius 3 is 2.45 bits per heavy atom. The highest BCUT2D eigenvalue weighted by Gasteiger charge is 2.30. The van der Waals surface area contributed by atoms with E-state index in [9.17, 15) is 9.59 Å². The molecule has 118 valence electrons. The molecular weight excluding hydrogens is 341 g/mol. The third-order valence-electron chi connectivity index (χ3n) is 3.28. The highest BCUT2D eigenvalue weighted by molar-refractivity contribution is 8.04. The number of hydrogen-bond acceptors (Lipinski definition) is 3. The van der Waals surface area contributed by atoms with E-state index < -0.39 is 5.41 Å². The summed E-state index contributed by atoms with van der Waals surface area (Å²) >= 11 is 13.7. The lowest BCUT2D eigenvalue weighted by Crippen LogP contribution is -2.26. The molecule has 0 spiro atoms. The summed E-state index contributed by atoms with van der Waals surface area (Å²) in [6, 6.07) is 5.23. The monoisotopic (exact) mass is 357 g/mol. The topological polar surface area (TPSA) is 37.4 Å². The number of benzene rings is 1. The third kappa shape index (κ3) is 3.86. The van der Waals surface area contributed by atoms with Crippen LogP contribution in [0.1, 0.15) is 26.3 Å². The molecule has 3 nitrogen and oxygen atoms in total. The molecule has 0 atom stereocenters. The van der Waals surface area contributed by atoms with Crippen LogP contribution in [0, 0.1) is 5.41 Å². The van der Waals surface area contributed by atoms with Gasteiger partial charge in [0.05, 0.1) is 17.3 Å². The van der Waals surface area contributed by atoms with Gasteiger partial charge in [0.25, 0.3) is 0 Å². The summed E-state index contributed by atoms with van der Waals surface area (Å²) in [7, 11) is 0. The summed E-state index contributed by atoms with van der Waals surface area (Å²) in [5.41, 5.74) is 0.211. The molecular formula is C16H17Cl2NO2S. The van der Waals surface area contributed by atoms with Crippen molar-refractivity contribution in [2.24, 2.45) is 5.41 Å². The van der Waals surface area contributed by atoms with Crippen LogP contribution in [0.15, 0.2) is 29.3 Å². The molecule has 0 aromatic heterocycles. The first-order valence-electron chi connectivity index (χ1n) is 6.82. The Balaban J connectivity index is 2.30. The number of allylic oxidation sites excluding steroid dienone is 1. The minimum atomic E-state index is -0.479. The molecule has 1 aliphatic rings. The quantitative estimate of drug-likeness (QED) is 0.746. The number of halogens is 2. The SMILES string of the molecule is CC(C)(C)C(=O)/C=C1\SCC(=O)N1Cc1c(Cl)cccc1Cl. The average Bonchev–Trinajstić information content (AvgIpc) is 2.74. The van der Waals surface area contributed by atoms with E-state index in [4.69, 9.17) is 23.2 Å². The molecule has 6 heteroatoms. The van der Waals surface area contributed by atoms with Crippen LogP contribution < -0.4 is 0 Å². The van der Waals surface area contributed by atoms with Gasteiger partial charge in [-0.3, -0.25) is 9.59 Å². The van der Waals surface area contributed by atoms with E-state index in [1.165, 1.54) is 11.8 Å². The van der Waals surface area contributed by atoms with Gasteiger partial charge in [0.2, 0.25) is 5.91 Å². The zero-order valence-corrected chi connectivity index (χ0v) is 15.0. The number of amides is 1. The molecule has 1 aromatic carbocycles. The normalized spacial score (nSPS) is 17.4.